The highest BCUT2D eigenvalue weighted by Crippen LogP contribution is 2.23. The van der Waals surface area contributed by atoms with Gasteiger partial charge in [-0.15, -0.1) is 0 Å². The Bertz CT molecular complexity index is 640. The number of hydrogen-bond acceptors (Lipinski definition) is 2. The van der Waals surface area contributed by atoms with Gasteiger partial charge in [0.15, 0.2) is 0 Å². The molecule has 2 aromatic carbocycles. The summed E-state index contributed by atoms with van der Waals surface area (Å²) in [4.78, 5) is 0. The SMILES string of the molecule is Cc1cc(F)c(NCC(O)c2c(F)cccc2F)cc1F. The minimum atomic E-state index is -1.53. The first-order valence-corrected chi connectivity index (χ1v) is 6.21. The van der Waals surface area contributed by atoms with E-state index in [0.29, 0.717) is 0 Å². The zero-order chi connectivity index (χ0) is 15.6. The summed E-state index contributed by atoms with van der Waals surface area (Å²) in [6.45, 7) is 1.04. The van der Waals surface area contributed by atoms with Gasteiger partial charge >= 0.3 is 0 Å². The number of halogens is 4. The van der Waals surface area contributed by atoms with Gasteiger partial charge in [0.25, 0.3) is 0 Å². The summed E-state index contributed by atoms with van der Waals surface area (Å²) in [5.41, 5.74) is -0.564. The Balaban J connectivity index is 2.15. The second-order valence-corrected chi connectivity index (χ2v) is 4.61. The van der Waals surface area contributed by atoms with Crippen LogP contribution < -0.4 is 5.32 Å². The lowest BCUT2D eigenvalue weighted by Crippen LogP contribution is -2.16. The Morgan fingerprint density at radius 1 is 1.00 bits per heavy atom. The Morgan fingerprint density at radius 3 is 2.24 bits per heavy atom. The van der Waals surface area contributed by atoms with E-state index in [0.717, 1.165) is 24.3 Å². The molecule has 2 N–H and O–H groups in total. The smallest absolute Gasteiger partial charge is 0.146 e. The van der Waals surface area contributed by atoms with E-state index in [1.165, 1.54) is 13.0 Å². The van der Waals surface area contributed by atoms with Gasteiger partial charge in [-0.3, -0.25) is 0 Å². The maximum absolute atomic E-state index is 13.6. The molecular weight excluding hydrogens is 286 g/mol. The third-order valence-electron chi connectivity index (χ3n) is 3.07. The molecule has 0 aliphatic rings. The van der Waals surface area contributed by atoms with E-state index in [-0.39, 0.29) is 17.8 Å². The molecule has 2 rings (SSSR count). The lowest BCUT2D eigenvalue weighted by molar-refractivity contribution is 0.181. The molecule has 2 nitrogen and oxygen atoms in total. The van der Waals surface area contributed by atoms with Gasteiger partial charge in [-0.2, -0.15) is 0 Å². The number of anilines is 1. The summed E-state index contributed by atoms with van der Waals surface area (Å²) in [7, 11) is 0. The van der Waals surface area contributed by atoms with Gasteiger partial charge in [-0.05, 0) is 30.7 Å². The van der Waals surface area contributed by atoms with Crippen molar-refractivity contribution >= 4 is 5.69 Å². The van der Waals surface area contributed by atoms with Crippen LogP contribution in [-0.4, -0.2) is 11.7 Å². The maximum Gasteiger partial charge on any atom is 0.146 e. The highest BCUT2D eigenvalue weighted by Gasteiger charge is 2.18. The van der Waals surface area contributed by atoms with Crippen molar-refractivity contribution in [2.45, 2.75) is 13.0 Å². The Hall–Kier alpha value is -2.08. The molecule has 0 spiro atoms. The molecule has 0 saturated carbocycles. The molecule has 0 saturated heterocycles. The van der Waals surface area contributed by atoms with Crippen LogP contribution in [0.5, 0.6) is 0 Å². The normalized spacial score (nSPS) is 12.3. The van der Waals surface area contributed by atoms with Gasteiger partial charge in [0, 0.05) is 12.6 Å². The van der Waals surface area contributed by atoms with Gasteiger partial charge < -0.3 is 10.4 Å². The van der Waals surface area contributed by atoms with Crippen molar-refractivity contribution in [3.63, 3.8) is 0 Å². The molecule has 112 valence electrons. The third-order valence-corrected chi connectivity index (χ3v) is 3.07. The van der Waals surface area contributed by atoms with Gasteiger partial charge in [0.1, 0.15) is 29.4 Å². The molecule has 0 amide bonds. The van der Waals surface area contributed by atoms with Crippen LogP contribution in [0, 0.1) is 30.2 Å². The summed E-state index contributed by atoms with van der Waals surface area (Å²) >= 11 is 0. The van der Waals surface area contributed by atoms with Crippen LogP contribution >= 0.6 is 0 Å². The Morgan fingerprint density at radius 2 is 1.62 bits per heavy atom. The predicted molar refractivity (Wildman–Crippen MR) is 70.9 cm³/mol. The summed E-state index contributed by atoms with van der Waals surface area (Å²) < 4.78 is 53.9. The van der Waals surface area contributed by atoms with Crippen LogP contribution in [0.1, 0.15) is 17.2 Å². The number of aliphatic hydroxyl groups is 1. The predicted octanol–water partition coefficient (Wildman–Crippen LogP) is 3.70. The molecule has 1 atom stereocenters. The number of hydrogen-bond donors (Lipinski definition) is 2. The van der Waals surface area contributed by atoms with Crippen LogP contribution in [0.15, 0.2) is 30.3 Å². The van der Waals surface area contributed by atoms with E-state index in [4.69, 9.17) is 0 Å². The number of rotatable bonds is 4. The second kappa shape index (κ2) is 6.13. The molecule has 1 unspecified atom stereocenters. The van der Waals surface area contributed by atoms with Crippen molar-refractivity contribution in [2.24, 2.45) is 0 Å². The lowest BCUT2D eigenvalue weighted by Gasteiger charge is -2.15. The Labute approximate surface area is 119 Å². The quantitative estimate of drug-likeness (QED) is 0.844. The van der Waals surface area contributed by atoms with Gasteiger partial charge in [-0.1, -0.05) is 6.07 Å². The standard InChI is InChI=1S/C15H13F4NO/c1-8-5-12(19)13(6-11(8)18)20-7-14(21)15-9(16)3-2-4-10(15)17/h2-6,14,20-21H,7H2,1H3. The molecule has 0 aliphatic carbocycles. The van der Waals surface area contributed by atoms with E-state index in [2.05, 4.69) is 5.32 Å². The first kappa shape index (κ1) is 15.3. The first-order chi connectivity index (χ1) is 9.90. The Kier molecular flexibility index (Phi) is 4.47. The molecule has 0 bridgehead atoms. The van der Waals surface area contributed by atoms with Crippen molar-refractivity contribution in [1.82, 2.24) is 0 Å². The van der Waals surface area contributed by atoms with E-state index in [9.17, 15) is 22.7 Å². The van der Waals surface area contributed by atoms with Crippen LogP contribution in [0.2, 0.25) is 0 Å². The second-order valence-electron chi connectivity index (χ2n) is 4.61. The van der Waals surface area contributed by atoms with E-state index < -0.39 is 34.9 Å². The monoisotopic (exact) mass is 299 g/mol. The van der Waals surface area contributed by atoms with Crippen molar-refractivity contribution < 1.29 is 22.7 Å². The lowest BCUT2D eigenvalue weighted by atomic mass is 10.1. The maximum atomic E-state index is 13.6. The van der Waals surface area contributed by atoms with Crippen molar-refractivity contribution in [3.05, 3.63) is 64.7 Å². The van der Waals surface area contributed by atoms with E-state index in [1.807, 2.05) is 0 Å². The zero-order valence-corrected chi connectivity index (χ0v) is 11.1. The number of aliphatic hydroxyl groups excluding tert-OH is 1. The molecule has 0 fully saturated rings. The van der Waals surface area contributed by atoms with Gasteiger partial charge in [-0.25, -0.2) is 17.6 Å². The average Bonchev–Trinajstić information content (AvgIpc) is 2.41. The first-order valence-electron chi connectivity index (χ1n) is 6.21. The van der Waals surface area contributed by atoms with E-state index >= 15 is 0 Å². The molecule has 0 heterocycles. The number of aryl methyl sites for hydroxylation is 1. The van der Waals surface area contributed by atoms with Crippen molar-refractivity contribution in [1.29, 1.82) is 0 Å². The van der Waals surface area contributed by atoms with Crippen LogP contribution in [-0.2, 0) is 0 Å². The summed E-state index contributed by atoms with van der Waals surface area (Å²) in [6, 6.07) is 5.10. The number of nitrogens with one attached hydrogen (secondary N) is 1. The van der Waals surface area contributed by atoms with Gasteiger partial charge in [0.05, 0.1) is 11.3 Å². The molecule has 21 heavy (non-hydrogen) atoms. The minimum Gasteiger partial charge on any atom is -0.386 e. The third kappa shape index (κ3) is 3.33. The molecular formula is C15H13F4NO. The summed E-state index contributed by atoms with van der Waals surface area (Å²) in [5.74, 6) is -3.14. The fourth-order valence-electron chi connectivity index (χ4n) is 1.92. The zero-order valence-electron chi connectivity index (χ0n) is 11.1. The number of benzene rings is 2. The topological polar surface area (TPSA) is 32.3 Å². The molecule has 2 aromatic rings. The molecule has 6 heteroatoms. The molecule has 0 aliphatic heterocycles. The molecule has 0 radical (unpaired) electrons. The largest absolute Gasteiger partial charge is 0.386 e. The summed E-state index contributed by atoms with van der Waals surface area (Å²) in [5, 5.41) is 12.2. The fourth-order valence-corrected chi connectivity index (χ4v) is 1.92. The van der Waals surface area contributed by atoms with Crippen LogP contribution in [0.3, 0.4) is 0 Å². The highest BCUT2D eigenvalue weighted by atomic mass is 19.1. The van der Waals surface area contributed by atoms with Crippen molar-refractivity contribution in [2.75, 3.05) is 11.9 Å². The van der Waals surface area contributed by atoms with Gasteiger partial charge in [0.2, 0.25) is 0 Å². The van der Waals surface area contributed by atoms with E-state index in [1.54, 1.807) is 0 Å². The van der Waals surface area contributed by atoms with Crippen molar-refractivity contribution in [3.8, 4) is 0 Å². The fraction of sp³-hybridized carbons (Fsp3) is 0.200. The molecule has 0 aromatic heterocycles. The van der Waals surface area contributed by atoms with Crippen LogP contribution in [0.4, 0.5) is 23.2 Å². The average molecular weight is 299 g/mol. The summed E-state index contributed by atoms with van der Waals surface area (Å²) in [6.07, 6.45) is -1.53. The van der Waals surface area contributed by atoms with Crippen LogP contribution in [0.25, 0.3) is 0 Å². The highest BCUT2D eigenvalue weighted by molar-refractivity contribution is 5.47. The minimum absolute atomic E-state index is 0.138.